The lowest BCUT2D eigenvalue weighted by Crippen LogP contribution is -2.18. The fourth-order valence-corrected chi connectivity index (χ4v) is 2.35. The summed E-state index contributed by atoms with van der Waals surface area (Å²) in [4.78, 5) is 23.0. The minimum absolute atomic E-state index is 0.129. The van der Waals surface area contributed by atoms with E-state index in [-0.39, 0.29) is 28.3 Å². The highest BCUT2D eigenvalue weighted by molar-refractivity contribution is 5.98. The van der Waals surface area contributed by atoms with Gasteiger partial charge in [-0.05, 0) is 18.2 Å². The minimum Gasteiger partial charge on any atom is -0.497 e. The van der Waals surface area contributed by atoms with Gasteiger partial charge in [-0.1, -0.05) is 0 Å². The standard InChI is InChI=1S/C18H19N3O7/c1-25-12-5-6-13(15(8-12)26-2)18(22)20-19-10-11-7-16(27-3)17(28-4)9-14(11)21(23)24/h5-10H,1-4H3,(H,20,22). The Bertz CT molecular complexity index is 912. The second-order valence-electron chi connectivity index (χ2n) is 5.29. The lowest BCUT2D eigenvalue weighted by molar-refractivity contribution is -0.385. The summed E-state index contributed by atoms with van der Waals surface area (Å²) < 4.78 is 20.4. The van der Waals surface area contributed by atoms with Gasteiger partial charge in [0, 0.05) is 6.07 Å². The molecule has 2 aromatic rings. The number of nitro benzene ring substituents is 1. The maximum Gasteiger partial charge on any atom is 0.282 e. The first-order chi connectivity index (χ1) is 13.4. The van der Waals surface area contributed by atoms with Crippen molar-refractivity contribution in [3.63, 3.8) is 0 Å². The van der Waals surface area contributed by atoms with Crippen molar-refractivity contribution in [2.24, 2.45) is 5.10 Å². The molecule has 1 N–H and O–H groups in total. The van der Waals surface area contributed by atoms with Crippen LogP contribution in [0.4, 0.5) is 5.69 Å². The number of rotatable bonds is 8. The maximum absolute atomic E-state index is 12.3. The Balaban J connectivity index is 2.27. The summed E-state index contributed by atoms with van der Waals surface area (Å²) in [6.45, 7) is 0. The third-order valence-electron chi connectivity index (χ3n) is 3.75. The molecule has 1 amide bonds. The van der Waals surface area contributed by atoms with Crippen LogP contribution in [0.2, 0.25) is 0 Å². The molecule has 0 aliphatic heterocycles. The van der Waals surface area contributed by atoms with Crippen molar-refractivity contribution in [3.8, 4) is 23.0 Å². The highest BCUT2D eigenvalue weighted by atomic mass is 16.6. The third-order valence-corrected chi connectivity index (χ3v) is 3.75. The number of ether oxygens (including phenoxy) is 4. The highest BCUT2D eigenvalue weighted by Gasteiger charge is 2.19. The Hall–Kier alpha value is -3.82. The first-order valence-corrected chi connectivity index (χ1v) is 7.91. The van der Waals surface area contributed by atoms with Gasteiger partial charge in [-0.25, -0.2) is 5.43 Å². The van der Waals surface area contributed by atoms with E-state index in [1.807, 2.05) is 0 Å². The van der Waals surface area contributed by atoms with Gasteiger partial charge in [-0.15, -0.1) is 0 Å². The van der Waals surface area contributed by atoms with Gasteiger partial charge in [0.05, 0.1) is 56.8 Å². The summed E-state index contributed by atoms with van der Waals surface area (Å²) in [6, 6.07) is 7.27. The van der Waals surface area contributed by atoms with E-state index in [9.17, 15) is 14.9 Å². The van der Waals surface area contributed by atoms with Crippen LogP contribution in [0.1, 0.15) is 15.9 Å². The van der Waals surface area contributed by atoms with Crippen molar-refractivity contribution in [1.82, 2.24) is 5.43 Å². The monoisotopic (exact) mass is 389 g/mol. The number of carbonyl (C=O) groups excluding carboxylic acids is 1. The smallest absolute Gasteiger partial charge is 0.282 e. The summed E-state index contributed by atoms with van der Waals surface area (Å²) in [6.07, 6.45) is 1.15. The first kappa shape index (κ1) is 20.5. The maximum atomic E-state index is 12.3. The Morgan fingerprint density at radius 3 is 2.21 bits per heavy atom. The molecule has 0 saturated carbocycles. The van der Waals surface area contributed by atoms with Gasteiger partial charge in [0.15, 0.2) is 11.5 Å². The number of nitrogens with zero attached hydrogens (tertiary/aromatic N) is 2. The molecule has 0 spiro atoms. The summed E-state index contributed by atoms with van der Waals surface area (Å²) in [5, 5.41) is 15.1. The quantitative estimate of drug-likeness (QED) is 0.418. The summed E-state index contributed by atoms with van der Waals surface area (Å²) in [7, 11) is 5.69. The molecule has 0 aliphatic carbocycles. The van der Waals surface area contributed by atoms with E-state index in [1.165, 1.54) is 46.6 Å². The summed E-state index contributed by atoms with van der Waals surface area (Å²) in [5.74, 6) is 0.761. The van der Waals surface area contributed by atoms with E-state index in [2.05, 4.69) is 10.5 Å². The molecule has 0 heterocycles. The van der Waals surface area contributed by atoms with Crippen LogP contribution < -0.4 is 24.4 Å². The number of hydrogen-bond acceptors (Lipinski definition) is 8. The average Bonchev–Trinajstić information content (AvgIpc) is 2.72. The van der Waals surface area contributed by atoms with Gasteiger partial charge in [-0.2, -0.15) is 5.10 Å². The molecule has 28 heavy (non-hydrogen) atoms. The Kier molecular flexibility index (Phi) is 6.74. The molecule has 0 aromatic heterocycles. The normalized spacial score (nSPS) is 10.4. The number of amides is 1. The van der Waals surface area contributed by atoms with Crippen LogP contribution in [-0.2, 0) is 0 Å². The van der Waals surface area contributed by atoms with E-state index >= 15 is 0 Å². The van der Waals surface area contributed by atoms with Gasteiger partial charge in [0.1, 0.15) is 11.5 Å². The molecule has 0 atom stereocenters. The molecule has 0 radical (unpaired) electrons. The molecule has 10 heteroatoms. The van der Waals surface area contributed by atoms with Gasteiger partial charge >= 0.3 is 0 Å². The average molecular weight is 389 g/mol. The number of benzene rings is 2. The van der Waals surface area contributed by atoms with Crippen LogP contribution in [0.15, 0.2) is 35.4 Å². The molecule has 0 bridgehead atoms. The second kappa shape index (κ2) is 9.21. The number of hydrogen-bond donors (Lipinski definition) is 1. The van der Waals surface area contributed by atoms with Gasteiger partial charge in [0.25, 0.3) is 11.6 Å². The van der Waals surface area contributed by atoms with E-state index in [4.69, 9.17) is 18.9 Å². The Morgan fingerprint density at radius 1 is 1.00 bits per heavy atom. The number of methoxy groups -OCH3 is 4. The van der Waals surface area contributed by atoms with E-state index in [1.54, 1.807) is 12.1 Å². The molecule has 2 rings (SSSR count). The largest absolute Gasteiger partial charge is 0.497 e. The predicted octanol–water partition coefficient (Wildman–Crippen LogP) is 2.39. The predicted molar refractivity (Wildman–Crippen MR) is 101 cm³/mol. The van der Waals surface area contributed by atoms with Crippen molar-refractivity contribution in [3.05, 3.63) is 51.6 Å². The van der Waals surface area contributed by atoms with Crippen LogP contribution in [-0.4, -0.2) is 45.5 Å². The lowest BCUT2D eigenvalue weighted by Gasteiger charge is -2.09. The SMILES string of the molecule is COc1ccc(C(=O)NN=Cc2cc(OC)c(OC)cc2[N+](=O)[O-])c(OC)c1. The minimum atomic E-state index is -0.586. The fourth-order valence-electron chi connectivity index (χ4n) is 2.35. The molecule has 0 fully saturated rings. The van der Waals surface area contributed by atoms with Crippen molar-refractivity contribution in [2.45, 2.75) is 0 Å². The van der Waals surface area contributed by atoms with Crippen LogP contribution in [0.3, 0.4) is 0 Å². The lowest BCUT2D eigenvalue weighted by atomic mass is 10.1. The molecule has 10 nitrogen and oxygen atoms in total. The van der Waals surface area contributed by atoms with Gasteiger partial charge in [-0.3, -0.25) is 14.9 Å². The van der Waals surface area contributed by atoms with Gasteiger partial charge < -0.3 is 18.9 Å². The first-order valence-electron chi connectivity index (χ1n) is 7.91. The topological polar surface area (TPSA) is 122 Å². The molecular weight excluding hydrogens is 370 g/mol. The molecule has 0 saturated heterocycles. The van der Waals surface area contributed by atoms with E-state index in [0.29, 0.717) is 11.5 Å². The van der Waals surface area contributed by atoms with Crippen molar-refractivity contribution >= 4 is 17.8 Å². The van der Waals surface area contributed by atoms with Crippen LogP contribution >= 0.6 is 0 Å². The van der Waals surface area contributed by atoms with E-state index < -0.39 is 10.8 Å². The van der Waals surface area contributed by atoms with Crippen molar-refractivity contribution in [2.75, 3.05) is 28.4 Å². The Labute approximate surface area is 160 Å². The van der Waals surface area contributed by atoms with Crippen LogP contribution in [0.25, 0.3) is 0 Å². The summed E-state index contributed by atoms with van der Waals surface area (Å²) in [5.41, 5.74) is 2.41. The second-order valence-corrected chi connectivity index (χ2v) is 5.29. The zero-order chi connectivity index (χ0) is 20.7. The summed E-state index contributed by atoms with van der Waals surface area (Å²) >= 11 is 0. The number of nitrogens with one attached hydrogen (secondary N) is 1. The van der Waals surface area contributed by atoms with Crippen molar-refractivity contribution < 1.29 is 28.7 Å². The zero-order valence-corrected chi connectivity index (χ0v) is 15.7. The Morgan fingerprint density at radius 2 is 1.64 bits per heavy atom. The molecule has 148 valence electrons. The molecule has 0 unspecified atom stereocenters. The van der Waals surface area contributed by atoms with E-state index in [0.717, 1.165) is 6.21 Å². The molecule has 0 aliphatic rings. The number of carbonyl (C=O) groups is 1. The van der Waals surface area contributed by atoms with Gasteiger partial charge in [0.2, 0.25) is 0 Å². The number of nitro groups is 1. The fraction of sp³-hybridized carbons (Fsp3) is 0.222. The zero-order valence-electron chi connectivity index (χ0n) is 15.7. The van der Waals surface area contributed by atoms with Crippen LogP contribution in [0, 0.1) is 10.1 Å². The molecular formula is C18H19N3O7. The van der Waals surface area contributed by atoms with Crippen molar-refractivity contribution in [1.29, 1.82) is 0 Å². The number of hydrazone groups is 1. The van der Waals surface area contributed by atoms with Crippen LogP contribution in [0.5, 0.6) is 23.0 Å². The third kappa shape index (κ3) is 4.47. The molecule has 2 aromatic carbocycles. The highest BCUT2D eigenvalue weighted by Crippen LogP contribution is 2.33.